The van der Waals surface area contributed by atoms with Crippen molar-refractivity contribution < 1.29 is 14.7 Å². The number of hydrogen-bond donors (Lipinski definition) is 2. The van der Waals surface area contributed by atoms with E-state index in [0.29, 0.717) is 13.0 Å². The number of carbonyl (C=O) groups is 2. The maximum absolute atomic E-state index is 12.0. The predicted molar refractivity (Wildman–Crippen MR) is 60.1 cm³/mol. The Labute approximate surface area is 95.8 Å². The first-order valence-electron chi connectivity index (χ1n) is 5.75. The highest BCUT2D eigenvalue weighted by Crippen LogP contribution is 2.12. The van der Waals surface area contributed by atoms with Gasteiger partial charge < -0.3 is 15.3 Å². The molecule has 1 heterocycles. The third-order valence-corrected chi connectivity index (χ3v) is 2.83. The van der Waals surface area contributed by atoms with E-state index in [2.05, 4.69) is 5.32 Å². The second-order valence-corrected chi connectivity index (χ2v) is 4.48. The topological polar surface area (TPSA) is 69.6 Å². The first kappa shape index (κ1) is 13.0. The Kier molecular flexibility index (Phi) is 4.73. The molecule has 0 saturated carbocycles. The number of amides is 1. The molecular formula is C11H20N2O3. The summed E-state index contributed by atoms with van der Waals surface area (Å²) in [7, 11) is 0. The lowest BCUT2D eigenvalue weighted by molar-refractivity contribution is -0.141. The molecule has 1 aliphatic heterocycles. The first-order valence-corrected chi connectivity index (χ1v) is 5.75. The van der Waals surface area contributed by atoms with E-state index in [1.165, 1.54) is 0 Å². The van der Waals surface area contributed by atoms with Crippen molar-refractivity contribution >= 4 is 11.9 Å². The summed E-state index contributed by atoms with van der Waals surface area (Å²) in [6, 6.07) is 0.141. The van der Waals surface area contributed by atoms with Gasteiger partial charge in [0.1, 0.15) is 0 Å². The van der Waals surface area contributed by atoms with Crippen LogP contribution in [0.1, 0.15) is 26.7 Å². The van der Waals surface area contributed by atoms with Crippen molar-refractivity contribution in [3.63, 3.8) is 0 Å². The number of carboxylic acids is 1. The number of nitrogens with one attached hydrogen (secondary N) is 1. The summed E-state index contributed by atoms with van der Waals surface area (Å²) >= 11 is 0. The minimum absolute atomic E-state index is 0.0900. The average molecular weight is 228 g/mol. The summed E-state index contributed by atoms with van der Waals surface area (Å²) in [5.74, 6) is -0.562. The lowest BCUT2D eigenvalue weighted by atomic mass is 10.0. The van der Waals surface area contributed by atoms with Gasteiger partial charge in [-0.15, -0.1) is 0 Å². The molecule has 0 aromatic carbocycles. The van der Waals surface area contributed by atoms with Crippen LogP contribution in [0.25, 0.3) is 0 Å². The highest BCUT2D eigenvalue weighted by atomic mass is 16.4. The van der Waals surface area contributed by atoms with Crippen LogP contribution >= 0.6 is 0 Å². The second-order valence-electron chi connectivity index (χ2n) is 4.48. The van der Waals surface area contributed by atoms with Crippen molar-refractivity contribution in [3.8, 4) is 0 Å². The Bertz CT molecular complexity index is 262. The second kappa shape index (κ2) is 5.84. The lowest BCUT2D eigenvalue weighted by Crippen LogP contribution is -2.53. The van der Waals surface area contributed by atoms with E-state index in [1.807, 2.05) is 13.8 Å². The van der Waals surface area contributed by atoms with Gasteiger partial charge in [0, 0.05) is 32.1 Å². The number of rotatable bonds is 6. The predicted octanol–water partition coefficient (Wildman–Crippen LogP) is 0.308. The Morgan fingerprint density at radius 1 is 1.44 bits per heavy atom. The molecule has 0 bridgehead atoms. The summed E-state index contributed by atoms with van der Waals surface area (Å²) in [5.41, 5.74) is 0. The quantitative estimate of drug-likeness (QED) is 0.686. The van der Waals surface area contributed by atoms with Crippen LogP contribution in [0.15, 0.2) is 0 Å². The van der Waals surface area contributed by atoms with E-state index in [0.717, 1.165) is 13.1 Å². The molecule has 5 heteroatoms. The Morgan fingerprint density at radius 2 is 2.06 bits per heavy atom. The summed E-state index contributed by atoms with van der Waals surface area (Å²) in [6.07, 6.45) is 0.652. The van der Waals surface area contributed by atoms with Crippen LogP contribution in [0, 0.1) is 5.92 Å². The molecule has 2 N–H and O–H groups in total. The van der Waals surface area contributed by atoms with Crippen molar-refractivity contribution in [1.82, 2.24) is 10.2 Å². The zero-order valence-corrected chi connectivity index (χ0v) is 9.90. The molecule has 92 valence electrons. The van der Waals surface area contributed by atoms with Gasteiger partial charge in [0.2, 0.25) is 5.91 Å². The molecule has 0 radical (unpaired) electrons. The fraction of sp³-hybridized carbons (Fsp3) is 0.818. The molecule has 16 heavy (non-hydrogen) atoms. The van der Waals surface area contributed by atoms with Crippen LogP contribution in [-0.4, -0.2) is 47.6 Å². The summed E-state index contributed by atoms with van der Waals surface area (Å²) < 4.78 is 0. The molecule has 0 unspecified atom stereocenters. The van der Waals surface area contributed by atoms with Crippen LogP contribution in [-0.2, 0) is 9.59 Å². The normalized spacial score (nSPS) is 15.9. The van der Waals surface area contributed by atoms with Gasteiger partial charge in [0.15, 0.2) is 0 Å². The molecule has 5 nitrogen and oxygen atoms in total. The van der Waals surface area contributed by atoms with Crippen LogP contribution in [0.2, 0.25) is 0 Å². The highest BCUT2D eigenvalue weighted by molar-refractivity contribution is 5.80. The molecule has 1 saturated heterocycles. The minimum atomic E-state index is -0.804. The van der Waals surface area contributed by atoms with Gasteiger partial charge in [-0.05, 0) is 20.3 Å². The van der Waals surface area contributed by atoms with Crippen LogP contribution in [0.4, 0.5) is 0 Å². The third kappa shape index (κ3) is 3.48. The van der Waals surface area contributed by atoms with Gasteiger partial charge >= 0.3 is 5.97 Å². The molecule has 1 rings (SSSR count). The number of carboxylic acid groups (broad SMARTS) is 1. The maximum Gasteiger partial charge on any atom is 0.303 e. The zero-order chi connectivity index (χ0) is 12.1. The van der Waals surface area contributed by atoms with Crippen molar-refractivity contribution in [3.05, 3.63) is 0 Å². The fourth-order valence-electron chi connectivity index (χ4n) is 1.72. The molecular weight excluding hydrogens is 208 g/mol. The van der Waals surface area contributed by atoms with Crippen molar-refractivity contribution in [2.45, 2.75) is 32.7 Å². The minimum Gasteiger partial charge on any atom is -0.481 e. The van der Waals surface area contributed by atoms with Crippen molar-refractivity contribution in [1.29, 1.82) is 0 Å². The largest absolute Gasteiger partial charge is 0.481 e. The van der Waals surface area contributed by atoms with E-state index in [-0.39, 0.29) is 24.3 Å². The molecule has 0 aromatic rings. The summed E-state index contributed by atoms with van der Waals surface area (Å²) in [4.78, 5) is 24.2. The van der Waals surface area contributed by atoms with Gasteiger partial charge in [-0.1, -0.05) is 0 Å². The zero-order valence-electron chi connectivity index (χ0n) is 9.90. The lowest BCUT2D eigenvalue weighted by Gasteiger charge is -2.34. The van der Waals surface area contributed by atoms with E-state index < -0.39 is 5.97 Å². The summed E-state index contributed by atoms with van der Waals surface area (Å²) in [5, 5.41) is 11.6. The SMILES string of the molecule is CC(C)N(CCCC(=O)O)C(=O)C1CNC1. The van der Waals surface area contributed by atoms with Gasteiger partial charge in [-0.3, -0.25) is 9.59 Å². The third-order valence-electron chi connectivity index (χ3n) is 2.83. The number of nitrogens with zero attached hydrogens (tertiary/aromatic N) is 1. The van der Waals surface area contributed by atoms with E-state index >= 15 is 0 Å². The highest BCUT2D eigenvalue weighted by Gasteiger charge is 2.30. The average Bonchev–Trinajstić information content (AvgIpc) is 2.07. The van der Waals surface area contributed by atoms with Crippen molar-refractivity contribution in [2.75, 3.05) is 19.6 Å². The molecule has 0 atom stereocenters. The first-order chi connectivity index (χ1) is 7.52. The molecule has 0 aromatic heterocycles. The Morgan fingerprint density at radius 3 is 2.44 bits per heavy atom. The van der Waals surface area contributed by atoms with Gasteiger partial charge in [0.05, 0.1) is 5.92 Å². The van der Waals surface area contributed by atoms with E-state index in [1.54, 1.807) is 4.90 Å². The number of hydrogen-bond acceptors (Lipinski definition) is 3. The smallest absolute Gasteiger partial charge is 0.303 e. The van der Waals surface area contributed by atoms with Gasteiger partial charge in [-0.25, -0.2) is 0 Å². The molecule has 1 aliphatic rings. The van der Waals surface area contributed by atoms with Gasteiger partial charge in [-0.2, -0.15) is 0 Å². The molecule has 1 amide bonds. The molecule has 0 aliphatic carbocycles. The van der Waals surface area contributed by atoms with E-state index in [9.17, 15) is 9.59 Å². The molecule has 0 spiro atoms. The van der Waals surface area contributed by atoms with Gasteiger partial charge in [0.25, 0.3) is 0 Å². The van der Waals surface area contributed by atoms with Crippen LogP contribution in [0.3, 0.4) is 0 Å². The number of carbonyl (C=O) groups excluding carboxylic acids is 1. The monoisotopic (exact) mass is 228 g/mol. The molecule has 1 fully saturated rings. The van der Waals surface area contributed by atoms with Crippen LogP contribution < -0.4 is 5.32 Å². The Balaban J connectivity index is 2.40. The number of aliphatic carboxylic acids is 1. The standard InChI is InChI=1S/C11H20N2O3/c1-8(2)13(5-3-4-10(14)15)11(16)9-6-12-7-9/h8-9,12H,3-7H2,1-2H3,(H,14,15). The maximum atomic E-state index is 12.0. The summed E-state index contributed by atoms with van der Waals surface area (Å²) in [6.45, 7) is 5.97. The van der Waals surface area contributed by atoms with Crippen molar-refractivity contribution in [2.24, 2.45) is 5.92 Å². The van der Waals surface area contributed by atoms with E-state index in [4.69, 9.17) is 5.11 Å². The fourth-order valence-corrected chi connectivity index (χ4v) is 1.72. The van der Waals surface area contributed by atoms with Crippen LogP contribution in [0.5, 0.6) is 0 Å². The Hall–Kier alpha value is -1.10.